The molecule has 0 amide bonds. The van der Waals surface area contributed by atoms with Crippen molar-refractivity contribution in [2.45, 2.75) is 31.6 Å². The molecule has 1 atom stereocenters. The zero-order valence-corrected chi connectivity index (χ0v) is 14.4. The highest BCUT2D eigenvalue weighted by molar-refractivity contribution is 7.89. The van der Waals surface area contributed by atoms with E-state index in [-0.39, 0.29) is 28.9 Å². The number of sulfonamides is 1. The molecular weight excluding hydrogens is 330 g/mol. The van der Waals surface area contributed by atoms with Crippen LogP contribution in [0.2, 0.25) is 0 Å². The lowest BCUT2D eigenvalue weighted by atomic mass is 9.93. The standard InChI is InChI=1S/C16H19N3O4S/c1-11-16(12(2)23-18-11)24(21,22)19-9-5-6-13(10-19)15(20)14-7-3-4-8-17-14/h3-4,7-8,13H,5-6,9-10H2,1-2H3. The Morgan fingerprint density at radius 3 is 2.75 bits per heavy atom. The van der Waals surface area contributed by atoms with Crippen LogP contribution in [0.25, 0.3) is 0 Å². The number of nitrogens with zero attached hydrogens (tertiary/aromatic N) is 3. The number of piperidine rings is 1. The lowest BCUT2D eigenvalue weighted by Crippen LogP contribution is -2.42. The predicted molar refractivity (Wildman–Crippen MR) is 86.0 cm³/mol. The van der Waals surface area contributed by atoms with Crippen LogP contribution in [-0.4, -0.2) is 41.7 Å². The van der Waals surface area contributed by atoms with E-state index in [9.17, 15) is 13.2 Å². The molecule has 2 aromatic rings. The molecule has 7 nitrogen and oxygen atoms in total. The maximum Gasteiger partial charge on any atom is 0.248 e. The third kappa shape index (κ3) is 2.99. The molecular formula is C16H19N3O4S. The number of hydrogen-bond donors (Lipinski definition) is 0. The van der Waals surface area contributed by atoms with Crippen LogP contribution in [-0.2, 0) is 10.0 Å². The van der Waals surface area contributed by atoms with Gasteiger partial charge in [-0.05, 0) is 38.8 Å². The largest absolute Gasteiger partial charge is 0.360 e. The summed E-state index contributed by atoms with van der Waals surface area (Å²) in [6, 6.07) is 5.15. The Bertz CT molecular complexity index is 826. The van der Waals surface area contributed by atoms with E-state index in [2.05, 4.69) is 10.1 Å². The Balaban J connectivity index is 1.85. The molecule has 1 fully saturated rings. The Morgan fingerprint density at radius 1 is 1.33 bits per heavy atom. The Kier molecular flexibility index (Phi) is 4.51. The van der Waals surface area contributed by atoms with E-state index in [0.29, 0.717) is 30.8 Å². The summed E-state index contributed by atoms with van der Waals surface area (Å²) >= 11 is 0. The van der Waals surface area contributed by atoms with Crippen molar-refractivity contribution in [1.29, 1.82) is 0 Å². The first-order valence-corrected chi connectivity index (χ1v) is 9.23. The summed E-state index contributed by atoms with van der Waals surface area (Å²) in [5.74, 6) is -0.233. The van der Waals surface area contributed by atoms with Gasteiger partial charge in [-0.2, -0.15) is 4.31 Å². The van der Waals surface area contributed by atoms with Gasteiger partial charge in [-0.3, -0.25) is 9.78 Å². The maximum atomic E-state index is 12.9. The molecule has 128 valence electrons. The number of carbonyl (C=O) groups is 1. The van der Waals surface area contributed by atoms with Crippen LogP contribution < -0.4 is 0 Å². The van der Waals surface area contributed by atoms with Crippen molar-refractivity contribution in [3.63, 3.8) is 0 Å². The average Bonchev–Trinajstić information content (AvgIpc) is 2.94. The molecule has 0 radical (unpaired) electrons. The molecule has 0 aromatic carbocycles. The van der Waals surface area contributed by atoms with Gasteiger partial charge in [-0.25, -0.2) is 8.42 Å². The summed E-state index contributed by atoms with van der Waals surface area (Å²) in [7, 11) is -3.72. The number of ketones is 1. The third-order valence-corrected chi connectivity index (χ3v) is 6.35. The van der Waals surface area contributed by atoms with Gasteiger partial charge in [-0.1, -0.05) is 11.2 Å². The normalized spacial score (nSPS) is 19.3. The van der Waals surface area contributed by atoms with Crippen molar-refractivity contribution >= 4 is 15.8 Å². The van der Waals surface area contributed by atoms with Gasteiger partial charge in [0.1, 0.15) is 16.3 Å². The second-order valence-corrected chi connectivity index (χ2v) is 7.81. The number of hydrogen-bond acceptors (Lipinski definition) is 6. The SMILES string of the molecule is Cc1noc(C)c1S(=O)(=O)N1CCCC(C(=O)c2ccccn2)C1. The third-order valence-electron chi connectivity index (χ3n) is 4.24. The molecule has 3 rings (SSSR count). The van der Waals surface area contributed by atoms with E-state index in [1.807, 2.05) is 0 Å². The fourth-order valence-corrected chi connectivity index (χ4v) is 4.88. The summed E-state index contributed by atoms with van der Waals surface area (Å²) < 4.78 is 32.1. The minimum atomic E-state index is -3.72. The summed E-state index contributed by atoms with van der Waals surface area (Å²) in [4.78, 5) is 16.8. The highest BCUT2D eigenvalue weighted by Crippen LogP contribution is 2.28. The van der Waals surface area contributed by atoms with Gasteiger partial charge in [0.25, 0.3) is 0 Å². The fourth-order valence-electron chi connectivity index (χ4n) is 3.06. The van der Waals surface area contributed by atoms with Crippen LogP contribution in [0.15, 0.2) is 33.8 Å². The van der Waals surface area contributed by atoms with Gasteiger partial charge in [0.05, 0.1) is 0 Å². The van der Waals surface area contributed by atoms with E-state index in [4.69, 9.17) is 4.52 Å². The highest BCUT2D eigenvalue weighted by Gasteiger charge is 2.36. The van der Waals surface area contributed by atoms with E-state index in [1.165, 1.54) is 4.31 Å². The molecule has 0 bridgehead atoms. The van der Waals surface area contributed by atoms with Crippen LogP contribution in [0.5, 0.6) is 0 Å². The number of aromatic nitrogens is 2. The molecule has 8 heteroatoms. The van der Waals surface area contributed by atoms with Crippen molar-refractivity contribution in [2.24, 2.45) is 5.92 Å². The van der Waals surface area contributed by atoms with Crippen LogP contribution in [0.1, 0.15) is 34.8 Å². The number of rotatable bonds is 4. The first-order chi connectivity index (χ1) is 11.4. The van der Waals surface area contributed by atoms with E-state index in [1.54, 1.807) is 38.2 Å². The summed E-state index contributed by atoms with van der Waals surface area (Å²) in [5, 5.41) is 3.72. The van der Waals surface area contributed by atoms with Crippen LogP contribution >= 0.6 is 0 Å². The molecule has 3 heterocycles. The molecule has 0 spiro atoms. The van der Waals surface area contributed by atoms with Crippen LogP contribution in [0.4, 0.5) is 0 Å². The predicted octanol–water partition coefficient (Wildman–Crippen LogP) is 1.97. The summed E-state index contributed by atoms with van der Waals surface area (Å²) in [5.41, 5.74) is 0.713. The van der Waals surface area contributed by atoms with Crippen molar-refractivity contribution in [2.75, 3.05) is 13.1 Å². The maximum absolute atomic E-state index is 12.9. The van der Waals surface area contributed by atoms with Gasteiger partial charge in [-0.15, -0.1) is 0 Å². The van der Waals surface area contributed by atoms with Crippen LogP contribution in [0.3, 0.4) is 0 Å². The minimum absolute atomic E-state index is 0.105. The molecule has 0 aliphatic carbocycles. The van der Waals surface area contributed by atoms with Crippen molar-refractivity contribution in [1.82, 2.24) is 14.4 Å². The topological polar surface area (TPSA) is 93.4 Å². The lowest BCUT2D eigenvalue weighted by molar-refractivity contribution is 0.0867. The smallest absolute Gasteiger partial charge is 0.248 e. The monoisotopic (exact) mass is 349 g/mol. The zero-order valence-electron chi connectivity index (χ0n) is 13.6. The van der Waals surface area contributed by atoms with E-state index >= 15 is 0 Å². The molecule has 1 unspecified atom stereocenters. The average molecular weight is 349 g/mol. The molecule has 0 saturated carbocycles. The lowest BCUT2D eigenvalue weighted by Gasteiger charge is -2.30. The fraction of sp³-hybridized carbons (Fsp3) is 0.438. The van der Waals surface area contributed by atoms with Crippen molar-refractivity contribution in [3.05, 3.63) is 41.5 Å². The van der Waals surface area contributed by atoms with E-state index < -0.39 is 10.0 Å². The highest BCUT2D eigenvalue weighted by atomic mass is 32.2. The van der Waals surface area contributed by atoms with Gasteiger partial charge < -0.3 is 4.52 Å². The number of Topliss-reactive ketones (excluding diaryl/α,β-unsaturated/α-hetero) is 1. The summed E-state index contributed by atoms with van der Waals surface area (Å²) in [6.45, 7) is 3.72. The van der Waals surface area contributed by atoms with Gasteiger partial charge in [0, 0.05) is 25.2 Å². The van der Waals surface area contributed by atoms with Gasteiger partial charge in [0.2, 0.25) is 10.0 Å². The van der Waals surface area contributed by atoms with E-state index in [0.717, 1.165) is 0 Å². The molecule has 2 aromatic heterocycles. The molecule has 1 aliphatic heterocycles. The van der Waals surface area contributed by atoms with Gasteiger partial charge >= 0.3 is 0 Å². The van der Waals surface area contributed by atoms with Gasteiger partial charge in [0.15, 0.2) is 11.5 Å². The Hall–Kier alpha value is -2.06. The van der Waals surface area contributed by atoms with Crippen LogP contribution in [0, 0.1) is 19.8 Å². The number of aryl methyl sites for hydroxylation is 2. The minimum Gasteiger partial charge on any atom is -0.360 e. The number of carbonyl (C=O) groups excluding carboxylic acids is 1. The Labute approximate surface area is 140 Å². The molecule has 1 aliphatic rings. The molecule has 1 saturated heterocycles. The van der Waals surface area contributed by atoms with Crippen molar-refractivity contribution in [3.8, 4) is 0 Å². The Morgan fingerprint density at radius 2 is 2.12 bits per heavy atom. The molecule has 0 N–H and O–H groups in total. The first kappa shape index (κ1) is 16.8. The zero-order chi connectivity index (χ0) is 17.3. The second kappa shape index (κ2) is 6.45. The first-order valence-electron chi connectivity index (χ1n) is 7.79. The quantitative estimate of drug-likeness (QED) is 0.784. The van der Waals surface area contributed by atoms with Crippen molar-refractivity contribution < 1.29 is 17.7 Å². The number of pyridine rings is 1. The summed E-state index contributed by atoms with van der Waals surface area (Å²) in [6.07, 6.45) is 2.85. The second-order valence-electron chi connectivity index (χ2n) is 5.93. The molecule has 24 heavy (non-hydrogen) atoms.